The molecule has 1 amide bonds. The van der Waals surface area contributed by atoms with Crippen molar-refractivity contribution in [1.29, 1.82) is 0 Å². The highest BCUT2D eigenvalue weighted by Crippen LogP contribution is 2.31. The van der Waals surface area contributed by atoms with E-state index in [-0.39, 0.29) is 24.0 Å². The lowest BCUT2D eigenvalue weighted by molar-refractivity contribution is -0.128. The van der Waals surface area contributed by atoms with Gasteiger partial charge in [-0.15, -0.1) is 0 Å². The van der Waals surface area contributed by atoms with Gasteiger partial charge in [-0.2, -0.15) is 0 Å². The summed E-state index contributed by atoms with van der Waals surface area (Å²) in [6.07, 6.45) is 11.0. The number of rotatable bonds is 5. The van der Waals surface area contributed by atoms with Crippen LogP contribution in [0, 0.1) is 0 Å². The van der Waals surface area contributed by atoms with Gasteiger partial charge in [-0.25, -0.2) is 9.97 Å². The first-order valence-electron chi connectivity index (χ1n) is 11.9. The quantitative estimate of drug-likeness (QED) is 0.478. The molecule has 1 aliphatic heterocycles. The van der Waals surface area contributed by atoms with E-state index in [9.17, 15) is 4.79 Å². The summed E-state index contributed by atoms with van der Waals surface area (Å²) in [5.41, 5.74) is 2.90. The van der Waals surface area contributed by atoms with E-state index in [1.165, 1.54) is 6.42 Å². The van der Waals surface area contributed by atoms with E-state index in [1.54, 1.807) is 6.20 Å². The maximum Gasteiger partial charge on any atom is 0.237 e. The molecule has 3 aromatic rings. The summed E-state index contributed by atoms with van der Waals surface area (Å²) in [6, 6.07) is 8.36. The third kappa shape index (κ3) is 4.99. The van der Waals surface area contributed by atoms with Gasteiger partial charge in [0.2, 0.25) is 5.91 Å². The number of nitrogens with zero attached hydrogens (tertiary/aromatic N) is 3. The first kappa shape index (κ1) is 22.2. The van der Waals surface area contributed by atoms with Crippen molar-refractivity contribution in [2.75, 3.05) is 18.9 Å². The Bertz CT molecular complexity index is 1130. The van der Waals surface area contributed by atoms with Crippen LogP contribution >= 0.6 is 11.6 Å². The standard InChI is InChI=1S/C25H31ClN6O/c1-32-11-3-2-9-21(32)25(33)30-18-7-4-6-17(14-18)29-23-13-16(12-22(26)31-23)20-15-28-24-19(20)8-5-10-27-24/h5,8,10,12-13,15,17-18,21H,2-4,6-7,9,11,14H2,1H3,(H,27,28)(H,29,31)(H,30,33). The zero-order chi connectivity index (χ0) is 22.8. The number of aromatic amines is 1. The number of H-pyrrole nitrogens is 1. The summed E-state index contributed by atoms with van der Waals surface area (Å²) < 4.78 is 0. The van der Waals surface area contributed by atoms with E-state index in [0.717, 1.165) is 73.0 Å². The minimum atomic E-state index is 0.00917. The second-order valence-electron chi connectivity index (χ2n) is 9.37. The highest BCUT2D eigenvalue weighted by Gasteiger charge is 2.29. The zero-order valence-electron chi connectivity index (χ0n) is 19.0. The zero-order valence-corrected chi connectivity index (χ0v) is 19.7. The van der Waals surface area contributed by atoms with Crippen LogP contribution in [-0.2, 0) is 4.79 Å². The Labute approximate surface area is 199 Å². The molecule has 3 atom stereocenters. The van der Waals surface area contributed by atoms with Gasteiger partial charge in [0, 0.05) is 35.4 Å². The van der Waals surface area contributed by atoms with Gasteiger partial charge in [-0.3, -0.25) is 9.69 Å². The topological polar surface area (TPSA) is 85.9 Å². The Hall–Kier alpha value is -2.64. The van der Waals surface area contributed by atoms with Gasteiger partial charge in [0.15, 0.2) is 0 Å². The first-order chi connectivity index (χ1) is 16.1. The number of aromatic nitrogens is 3. The van der Waals surface area contributed by atoms with Crippen LogP contribution < -0.4 is 10.6 Å². The van der Waals surface area contributed by atoms with Crippen molar-refractivity contribution < 1.29 is 4.79 Å². The number of anilines is 1. The molecule has 3 N–H and O–H groups in total. The number of likely N-dealkylation sites (N-methyl/N-ethyl adjacent to an activating group) is 1. The van der Waals surface area contributed by atoms with Gasteiger partial charge < -0.3 is 15.6 Å². The number of nitrogens with one attached hydrogen (secondary N) is 3. The minimum Gasteiger partial charge on any atom is -0.367 e. The van der Waals surface area contributed by atoms with E-state index >= 15 is 0 Å². The summed E-state index contributed by atoms with van der Waals surface area (Å²) in [7, 11) is 2.06. The fourth-order valence-corrected chi connectivity index (χ4v) is 5.49. The molecule has 5 rings (SSSR count). The van der Waals surface area contributed by atoms with Gasteiger partial charge >= 0.3 is 0 Å². The first-order valence-corrected chi connectivity index (χ1v) is 12.3. The number of pyridine rings is 2. The number of amides is 1. The smallest absolute Gasteiger partial charge is 0.237 e. The third-order valence-electron chi connectivity index (χ3n) is 7.00. The van der Waals surface area contributed by atoms with Crippen LogP contribution in [0.1, 0.15) is 44.9 Å². The molecule has 0 radical (unpaired) electrons. The van der Waals surface area contributed by atoms with Crippen LogP contribution in [0.4, 0.5) is 5.82 Å². The molecule has 0 spiro atoms. The molecule has 1 saturated carbocycles. The number of carbonyl (C=O) groups excluding carboxylic acids is 1. The molecule has 0 aromatic carbocycles. The average molecular weight is 467 g/mol. The van der Waals surface area contributed by atoms with Gasteiger partial charge in [0.1, 0.15) is 16.6 Å². The fourth-order valence-electron chi connectivity index (χ4n) is 5.29. The lowest BCUT2D eigenvalue weighted by Crippen LogP contribution is -2.51. The van der Waals surface area contributed by atoms with Gasteiger partial charge in [0.05, 0.1) is 6.04 Å². The van der Waals surface area contributed by atoms with Crippen LogP contribution in [0.3, 0.4) is 0 Å². The molecule has 33 heavy (non-hydrogen) atoms. The molecular formula is C25H31ClN6O. The molecule has 4 heterocycles. The highest BCUT2D eigenvalue weighted by atomic mass is 35.5. The van der Waals surface area contributed by atoms with Crippen LogP contribution in [0.5, 0.6) is 0 Å². The number of fused-ring (bicyclic) bond motifs is 1. The van der Waals surface area contributed by atoms with Crippen molar-refractivity contribution in [3.63, 3.8) is 0 Å². The van der Waals surface area contributed by atoms with Crippen molar-refractivity contribution in [1.82, 2.24) is 25.2 Å². The largest absolute Gasteiger partial charge is 0.367 e. The molecule has 0 bridgehead atoms. The fraction of sp³-hybridized carbons (Fsp3) is 0.480. The van der Waals surface area contributed by atoms with Crippen molar-refractivity contribution >= 4 is 34.4 Å². The molecular weight excluding hydrogens is 436 g/mol. The van der Waals surface area contributed by atoms with Crippen LogP contribution in [-0.4, -0.2) is 57.5 Å². The Morgan fingerprint density at radius 1 is 1.18 bits per heavy atom. The molecule has 2 aliphatic rings. The minimum absolute atomic E-state index is 0.00917. The Morgan fingerprint density at radius 2 is 2.06 bits per heavy atom. The summed E-state index contributed by atoms with van der Waals surface area (Å²) >= 11 is 6.39. The van der Waals surface area contributed by atoms with E-state index in [1.807, 2.05) is 30.5 Å². The molecule has 1 aliphatic carbocycles. The predicted molar refractivity (Wildman–Crippen MR) is 132 cm³/mol. The normalized spacial score (nSPS) is 24.0. The van der Waals surface area contributed by atoms with Crippen LogP contribution in [0.25, 0.3) is 22.2 Å². The van der Waals surface area contributed by atoms with E-state index < -0.39 is 0 Å². The maximum absolute atomic E-state index is 12.9. The predicted octanol–water partition coefficient (Wildman–Crippen LogP) is 4.60. The van der Waals surface area contributed by atoms with E-state index in [2.05, 4.69) is 37.5 Å². The summed E-state index contributed by atoms with van der Waals surface area (Å²) in [4.78, 5) is 27.2. The average Bonchev–Trinajstić information content (AvgIpc) is 3.23. The van der Waals surface area contributed by atoms with Crippen molar-refractivity contribution in [3.8, 4) is 11.1 Å². The lowest BCUT2D eigenvalue weighted by Gasteiger charge is -2.35. The third-order valence-corrected chi connectivity index (χ3v) is 7.20. The molecule has 1 saturated heterocycles. The van der Waals surface area contributed by atoms with Crippen LogP contribution in [0.15, 0.2) is 36.7 Å². The van der Waals surface area contributed by atoms with Crippen molar-refractivity contribution in [3.05, 3.63) is 41.8 Å². The van der Waals surface area contributed by atoms with Crippen LogP contribution in [0.2, 0.25) is 5.15 Å². The SMILES string of the molecule is CN1CCCCC1C(=O)NC1CCCC(Nc2cc(-c3c[nH]c4ncccc34)cc(Cl)n2)C1. The van der Waals surface area contributed by atoms with Gasteiger partial charge in [0.25, 0.3) is 0 Å². The second-order valence-corrected chi connectivity index (χ2v) is 9.76. The van der Waals surface area contributed by atoms with Gasteiger partial charge in [-0.1, -0.05) is 18.0 Å². The summed E-state index contributed by atoms with van der Waals surface area (Å²) in [5, 5.41) is 8.41. The molecule has 174 valence electrons. The molecule has 8 heteroatoms. The Morgan fingerprint density at radius 3 is 2.94 bits per heavy atom. The molecule has 3 unspecified atom stereocenters. The Kier molecular flexibility index (Phi) is 6.51. The maximum atomic E-state index is 12.9. The molecule has 2 fully saturated rings. The summed E-state index contributed by atoms with van der Waals surface area (Å²) in [6.45, 7) is 1.00. The Balaban J connectivity index is 1.27. The molecule has 7 nitrogen and oxygen atoms in total. The van der Waals surface area contributed by atoms with E-state index in [4.69, 9.17) is 11.6 Å². The van der Waals surface area contributed by atoms with Crippen molar-refractivity contribution in [2.24, 2.45) is 0 Å². The lowest BCUT2D eigenvalue weighted by atomic mass is 9.90. The number of likely N-dealkylation sites (tertiary alicyclic amines) is 1. The van der Waals surface area contributed by atoms with Crippen molar-refractivity contribution in [2.45, 2.75) is 63.1 Å². The molecule has 3 aromatic heterocycles. The second kappa shape index (κ2) is 9.69. The number of halogens is 1. The highest BCUT2D eigenvalue weighted by molar-refractivity contribution is 6.29. The number of piperidine rings is 1. The summed E-state index contributed by atoms with van der Waals surface area (Å²) in [5.74, 6) is 0.943. The van der Waals surface area contributed by atoms with E-state index in [0.29, 0.717) is 5.15 Å². The van der Waals surface area contributed by atoms with Gasteiger partial charge in [-0.05, 0) is 81.9 Å². The number of carbonyl (C=O) groups is 1. The number of hydrogen-bond acceptors (Lipinski definition) is 5. The monoisotopic (exact) mass is 466 g/mol. The number of hydrogen-bond donors (Lipinski definition) is 3.